The van der Waals surface area contributed by atoms with E-state index in [-0.39, 0.29) is 5.69 Å². The fraction of sp³-hybridized carbons (Fsp3) is 0.375. The van der Waals surface area contributed by atoms with Gasteiger partial charge in [-0.05, 0) is 13.0 Å². The highest BCUT2D eigenvalue weighted by molar-refractivity contribution is 5.23. The predicted octanol–water partition coefficient (Wildman–Crippen LogP) is 1.60. The molecule has 0 amide bonds. The van der Waals surface area contributed by atoms with Gasteiger partial charge in [-0.25, -0.2) is 4.98 Å². The minimum absolute atomic E-state index is 0.0281. The highest BCUT2D eigenvalue weighted by Gasteiger charge is 2.29. The Labute approximate surface area is 83.3 Å². The normalized spacial score (nSPS) is 10.9. The van der Waals surface area contributed by atoms with Gasteiger partial charge >= 0.3 is 12.2 Å². The van der Waals surface area contributed by atoms with Gasteiger partial charge in [-0.1, -0.05) is 0 Å². The lowest BCUT2D eigenvalue weighted by Gasteiger charge is -2.07. The van der Waals surface area contributed by atoms with Crippen molar-refractivity contribution in [1.29, 1.82) is 5.26 Å². The molecule has 1 heterocycles. The van der Waals surface area contributed by atoms with Crippen LogP contribution in [0.1, 0.15) is 11.4 Å². The van der Waals surface area contributed by atoms with Crippen molar-refractivity contribution in [2.24, 2.45) is 0 Å². The number of aryl methyl sites for hydroxylation is 1. The lowest BCUT2D eigenvalue weighted by Crippen LogP contribution is -2.20. The lowest BCUT2D eigenvalue weighted by molar-refractivity contribution is -0.154. The van der Waals surface area contributed by atoms with Crippen molar-refractivity contribution in [2.45, 2.75) is 13.1 Å². The molecular formula is C8H6F3N3O. The second-order valence-electron chi connectivity index (χ2n) is 2.69. The third kappa shape index (κ3) is 3.81. The number of hydrogen-bond donors (Lipinski definition) is 0. The second kappa shape index (κ2) is 4.13. The molecule has 1 aromatic heterocycles. The lowest BCUT2D eigenvalue weighted by atomic mass is 10.3. The number of hydrogen-bond acceptors (Lipinski definition) is 4. The maximum absolute atomic E-state index is 11.8. The van der Waals surface area contributed by atoms with Crippen molar-refractivity contribution < 1.29 is 17.9 Å². The van der Waals surface area contributed by atoms with Crippen molar-refractivity contribution in [1.82, 2.24) is 9.97 Å². The van der Waals surface area contributed by atoms with Crippen LogP contribution in [-0.2, 0) is 0 Å². The van der Waals surface area contributed by atoms with E-state index in [4.69, 9.17) is 5.26 Å². The Bertz CT molecular complexity index is 397. The number of nitrogens with zero attached hydrogens (tertiary/aromatic N) is 3. The summed E-state index contributed by atoms with van der Waals surface area (Å²) in [5, 5.41) is 8.50. The first kappa shape index (κ1) is 11.2. The molecule has 0 unspecified atom stereocenters. The number of alkyl halides is 3. The summed E-state index contributed by atoms with van der Waals surface area (Å²) in [6, 6.07) is 2.60. The molecule has 4 nitrogen and oxygen atoms in total. The molecule has 0 fully saturated rings. The molecule has 0 saturated heterocycles. The Hall–Kier alpha value is -1.84. The van der Waals surface area contributed by atoms with Crippen molar-refractivity contribution in [3.05, 3.63) is 17.5 Å². The molecule has 0 N–H and O–H groups in total. The van der Waals surface area contributed by atoms with E-state index in [0.717, 1.165) is 0 Å². The van der Waals surface area contributed by atoms with Gasteiger partial charge in [-0.2, -0.15) is 23.4 Å². The van der Waals surface area contributed by atoms with E-state index in [9.17, 15) is 13.2 Å². The molecule has 80 valence electrons. The molecular weight excluding hydrogens is 211 g/mol. The molecule has 15 heavy (non-hydrogen) atoms. The molecule has 0 spiro atoms. The van der Waals surface area contributed by atoms with Gasteiger partial charge in [0.1, 0.15) is 11.8 Å². The first-order valence-corrected chi connectivity index (χ1v) is 3.86. The van der Waals surface area contributed by atoms with E-state index in [2.05, 4.69) is 14.7 Å². The third-order valence-electron chi connectivity index (χ3n) is 1.31. The van der Waals surface area contributed by atoms with Crippen molar-refractivity contribution in [3.63, 3.8) is 0 Å². The molecule has 1 aromatic rings. The van der Waals surface area contributed by atoms with Gasteiger partial charge in [0.15, 0.2) is 6.61 Å². The SMILES string of the molecule is Cc1cc(C#N)nc(OCC(F)(F)F)n1. The summed E-state index contributed by atoms with van der Waals surface area (Å²) in [7, 11) is 0. The van der Waals surface area contributed by atoms with Crippen molar-refractivity contribution >= 4 is 0 Å². The van der Waals surface area contributed by atoms with Crippen LogP contribution >= 0.6 is 0 Å². The number of halogens is 3. The van der Waals surface area contributed by atoms with Crippen LogP contribution in [0.25, 0.3) is 0 Å². The van der Waals surface area contributed by atoms with Gasteiger partial charge in [0.05, 0.1) is 0 Å². The van der Waals surface area contributed by atoms with Crippen LogP contribution in [0.5, 0.6) is 6.01 Å². The van der Waals surface area contributed by atoms with Crippen LogP contribution in [0.15, 0.2) is 6.07 Å². The molecule has 0 aliphatic rings. The van der Waals surface area contributed by atoms with Crippen LogP contribution in [0, 0.1) is 18.3 Å². The molecule has 0 radical (unpaired) electrons. The Morgan fingerprint density at radius 3 is 2.67 bits per heavy atom. The van der Waals surface area contributed by atoms with Crippen LogP contribution in [0.3, 0.4) is 0 Å². The summed E-state index contributed by atoms with van der Waals surface area (Å²) in [5.74, 6) is 0. The van der Waals surface area contributed by atoms with Gasteiger partial charge in [0.2, 0.25) is 0 Å². The van der Waals surface area contributed by atoms with Gasteiger partial charge in [-0.15, -0.1) is 0 Å². The number of nitriles is 1. The molecule has 0 saturated carbocycles. The topological polar surface area (TPSA) is 58.8 Å². The maximum atomic E-state index is 11.8. The molecule has 0 bridgehead atoms. The van der Waals surface area contributed by atoms with E-state index in [1.165, 1.54) is 13.0 Å². The molecule has 0 aliphatic carbocycles. The zero-order valence-electron chi connectivity index (χ0n) is 7.67. The third-order valence-corrected chi connectivity index (χ3v) is 1.31. The van der Waals surface area contributed by atoms with E-state index in [0.29, 0.717) is 5.69 Å². The Morgan fingerprint density at radius 2 is 2.13 bits per heavy atom. The Balaban J connectivity index is 2.78. The number of ether oxygens (including phenoxy) is 1. The van der Waals surface area contributed by atoms with Gasteiger partial charge in [-0.3, -0.25) is 0 Å². The van der Waals surface area contributed by atoms with Gasteiger partial charge in [0.25, 0.3) is 0 Å². The summed E-state index contributed by atoms with van der Waals surface area (Å²) < 4.78 is 39.6. The molecule has 1 rings (SSSR count). The average Bonchev–Trinajstić information content (AvgIpc) is 2.13. The van der Waals surface area contributed by atoms with E-state index in [1.807, 2.05) is 0 Å². The highest BCUT2D eigenvalue weighted by atomic mass is 19.4. The monoisotopic (exact) mass is 217 g/mol. The zero-order chi connectivity index (χ0) is 11.5. The van der Waals surface area contributed by atoms with Gasteiger partial charge < -0.3 is 4.74 Å². The first-order chi connectivity index (χ1) is 6.90. The first-order valence-electron chi connectivity index (χ1n) is 3.86. The van der Waals surface area contributed by atoms with Crippen molar-refractivity contribution in [2.75, 3.05) is 6.61 Å². The molecule has 0 atom stereocenters. The van der Waals surface area contributed by atoms with E-state index < -0.39 is 18.8 Å². The minimum atomic E-state index is -4.44. The highest BCUT2D eigenvalue weighted by Crippen LogP contribution is 2.16. The Kier molecular flexibility index (Phi) is 3.09. The summed E-state index contributed by atoms with van der Waals surface area (Å²) in [6.45, 7) is 0.0598. The maximum Gasteiger partial charge on any atom is 0.422 e. The largest absolute Gasteiger partial charge is 0.454 e. The average molecular weight is 217 g/mol. The van der Waals surface area contributed by atoms with Gasteiger partial charge in [0, 0.05) is 5.69 Å². The summed E-state index contributed by atoms with van der Waals surface area (Å²) in [4.78, 5) is 7.06. The fourth-order valence-corrected chi connectivity index (χ4v) is 0.810. The standard InChI is InChI=1S/C8H6F3N3O/c1-5-2-6(3-12)14-7(13-5)15-4-8(9,10)11/h2H,4H2,1H3. The van der Waals surface area contributed by atoms with E-state index in [1.54, 1.807) is 6.07 Å². The van der Waals surface area contributed by atoms with Crippen molar-refractivity contribution in [3.8, 4) is 12.1 Å². The summed E-state index contributed by atoms with van der Waals surface area (Å²) >= 11 is 0. The molecule has 7 heteroatoms. The smallest absolute Gasteiger partial charge is 0.422 e. The van der Waals surface area contributed by atoms with Crippen LogP contribution in [0.4, 0.5) is 13.2 Å². The number of aromatic nitrogens is 2. The summed E-state index contributed by atoms with van der Waals surface area (Å²) in [5.41, 5.74) is 0.346. The van der Waals surface area contributed by atoms with E-state index >= 15 is 0 Å². The fourth-order valence-electron chi connectivity index (χ4n) is 0.810. The van der Waals surface area contributed by atoms with Crippen LogP contribution < -0.4 is 4.74 Å². The van der Waals surface area contributed by atoms with Crippen LogP contribution in [-0.4, -0.2) is 22.8 Å². The van der Waals surface area contributed by atoms with Crippen LogP contribution in [0.2, 0.25) is 0 Å². The second-order valence-corrected chi connectivity index (χ2v) is 2.69. The minimum Gasteiger partial charge on any atom is -0.454 e. The predicted molar refractivity (Wildman–Crippen MR) is 43.0 cm³/mol. The Morgan fingerprint density at radius 1 is 1.47 bits per heavy atom. The molecule has 0 aliphatic heterocycles. The number of rotatable bonds is 2. The summed E-state index contributed by atoms with van der Waals surface area (Å²) in [6.07, 6.45) is -4.44. The quantitative estimate of drug-likeness (QED) is 0.754. The zero-order valence-corrected chi connectivity index (χ0v) is 7.67. The molecule has 0 aromatic carbocycles.